The van der Waals surface area contributed by atoms with Gasteiger partial charge in [0.2, 0.25) is 0 Å². The fraction of sp³-hybridized carbons (Fsp3) is 0.588. The number of Topliss-reactive ketones (excluding diaryl/α,β-unsaturated/α-hetero) is 1. The molecule has 0 amide bonds. The lowest BCUT2D eigenvalue weighted by atomic mass is 10.1. The summed E-state index contributed by atoms with van der Waals surface area (Å²) in [6.45, 7) is 9.84. The third kappa shape index (κ3) is 3.90. The van der Waals surface area contributed by atoms with Gasteiger partial charge < -0.3 is 4.90 Å². The van der Waals surface area contributed by atoms with E-state index in [1.807, 2.05) is 30.3 Å². The Morgan fingerprint density at radius 2 is 1.95 bits per heavy atom. The van der Waals surface area contributed by atoms with E-state index in [2.05, 4.69) is 23.6 Å². The first-order valence-corrected chi connectivity index (χ1v) is 7.79. The molecule has 1 aliphatic heterocycles. The topological polar surface area (TPSA) is 23.6 Å². The number of hydrogen-bond acceptors (Lipinski definition) is 3. The van der Waals surface area contributed by atoms with E-state index >= 15 is 0 Å². The molecule has 0 radical (unpaired) electrons. The van der Waals surface area contributed by atoms with Crippen molar-refractivity contribution in [3.63, 3.8) is 0 Å². The Labute approximate surface area is 122 Å². The zero-order chi connectivity index (χ0) is 14.4. The van der Waals surface area contributed by atoms with Gasteiger partial charge in [0.05, 0.1) is 0 Å². The number of ketones is 1. The summed E-state index contributed by atoms with van der Waals surface area (Å²) in [5, 5.41) is 0. The number of likely N-dealkylation sites (tertiary alicyclic amines) is 1. The first-order chi connectivity index (χ1) is 9.74. The van der Waals surface area contributed by atoms with Crippen LogP contribution in [0.3, 0.4) is 0 Å². The average Bonchev–Trinajstić information content (AvgIpc) is 2.96. The summed E-state index contributed by atoms with van der Waals surface area (Å²) < 4.78 is 0. The second kappa shape index (κ2) is 7.55. The predicted octanol–water partition coefficient (Wildman–Crippen LogP) is 2.68. The highest BCUT2D eigenvalue weighted by molar-refractivity contribution is 5.96. The average molecular weight is 274 g/mol. The Hall–Kier alpha value is -1.19. The molecular formula is C17H26N2O. The largest absolute Gasteiger partial charge is 0.301 e. The summed E-state index contributed by atoms with van der Waals surface area (Å²) in [5.74, 6) is 0.261. The minimum absolute atomic E-state index is 0.261. The van der Waals surface area contributed by atoms with Crippen LogP contribution >= 0.6 is 0 Å². The number of carbonyl (C=O) groups excluding carboxylic acids is 1. The predicted molar refractivity (Wildman–Crippen MR) is 83.2 cm³/mol. The summed E-state index contributed by atoms with van der Waals surface area (Å²) in [6, 6.07) is 10.3. The Morgan fingerprint density at radius 3 is 2.60 bits per heavy atom. The normalized spacial score (nSPS) is 19.6. The molecule has 0 spiro atoms. The second-order valence-corrected chi connectivity index (χ2v) is 5.50. The monoisotopic (exact) mass is 274 g/mol. The molecule has 1 unspecified atom stereocenters. The van der Waals surface area contributed by atoms with Crippen LogP contribution in [0.2, 0.25) is 0 Å². The van der Waals surface area contributed by atoms with E-state index in [9.17, 15) is 4.79 Å². The van der Waals surface area contributed by atoms with Gasteiger partial charge in [-0.15, -0.1) is 0 Å². The number of carbonyl (C=O) groups is 1. The van der Waals surface area contributed by atoms with Crippen LogP contribution in [0.4, 0.5) is 0 Å². The van der Waals surface area contributed by atoms with Gasteiger partial charge in [-0.25, -0.2) is 0 Å². The summed E-state index contributed by atoms with van der Waals surface area (Å²) in [4.78, 5) is 17.1. The summed E-state index contributed by atoms with van der Waals surface area (Å²) >= 11 is 0. The molecule has 1 aliphatic rings. The Morgan fingerprint density at radius 1 is 1.25 bits per heavy atom. The zero-order valence-corrected chi connectivity index (χ0v) is 12.7. The van der Waals surface area contributed by atoms with E-state index in [1.54, 1.807) is 0 Å². The van der Waals surface area contributed by atoms with Gasteiger partial charge >= 0.3 is 0 Å². The highest BCUT2D eigenvalue weighted by Crippen LogP contribution is 2.16. The van der Waals surface area contributed by atoms with Gasteiger partial charge in [-0.3, -0.25) is 9.69 Å². The lowest BCUT2D eigenvalue weighted by Crippen LogP contribution is -2.37. The van der Waals surface area contributed by atoms with E-state index in [-0.39, 0.29) is 5.78 Å². The number of nitrogens with zero attached hydrogens (tertiary/aromatic N) is 2. The highest BCUT2D eigenvalue weighted by atomic mass is 16.1. The lowest BCUT2D eigenvalue weighted by Gasteiger charge is -2.26. The Kier molecular flexibility index (Phi) is 5.74. The molecule has 1 heterocycles. The second-order valence-electron chi connectivity index (χ2n) is 5.50. The van der Waals surface area contributed by atoms with Gasteiger partial charge in [-0.2, -0.15) is 0 Å². The van der Waals surface area contributed by atoms with E-state index < -0.39 is 0 Å². The number of benzene rings is 1. The molecule has 1 aromatic carbocycles. The molecule has 2 rings (SSSR count). The van der Waals surface area contributed by atoms with Crippen molar-refractivity contribution in [3.05, 3.63) is 35.9 Å². The maximum absolute atomic E-state index is 12.1. The smallest absolute Gasteiger partial charge is 0.164 e. The molecule has 0 N–H and O–H groups in total. The molecule has 3 heteroatoms. The minimum Gasteiger partial charge on any atom is -0.301 e. The van der Waals surface area contributed by atoms with Crippen LogP contribution in [0.1, 0.15) is 37.0 Å². The fourth-order valence-corrected chi connectivity index (χ4v) is 3.08. The van der Waals surface area contributed by atoms with Crippen LogP contribution in [-0.2, 0) is 0 Å². The molecule has 0 aromatic heterocycles. The SMILES string of the molecule is CCN(CC)C1CCN(CCC(=O)c2ccccc2)C1. The van der Waals surface area contributed by atoms with Crippen molar-refractivity contribution in [2.24, 2.45) is 0 Å². The van der Waals surface area contributed by atoms with Crippen LogP contribution < -0.4 is 0 Å². The summed E-state index contributed by atoms with van der Waals surface area (Å²) in [7, 11) is 0. The minimum atomic E-state index is 0.261. The first-order valence-electron chi connectivity index (χ1n) is 7.79. The van der Waals surface area contributed by atoms with Crippen molar-refractivity contribution >= 4 is 5.78 Å². The van der Waals surface area contributed by atoms with Gasteiger partial charge in [0, 0.05) is 31.1 Å². The molecule has 110 valence electrons. The van der Waals surface area contributed by atoms with Crippen LogP contribution in [0.5, 0.6) is 0 Å². The maximum Gasteiger partial charge on any atom is 0.164 e. The van der Waals surface area contributed by atoms with Gasteiger partial charge in [0.25, 0.3) is 0 Å². The van der Waals surface area contributed by atoms with Crippen LogP contribution in [0, 0.1) is 0 Å². The van der Waals surface area contributed by atoms with Crippen LogP contribution in [-0.4, -0.2) is 54.3 Å². The van der Waals surface area contributed by atoms with Crippen molar-refractivity contribution in [2.45, 2.75) is 32.7 Å². The molecule has 20 heavy (non-hydrogen) atoms. The van der Waals surface area contributed by atoms with Crippen LogP contribution in [0.25, 0.3) is 0 Å². The lowest BCUT2D eigenvalue weighted by molar-refractivity contribution is 0.0966. The fourth-order valence-electron chi connectivity index (χ4n) is 3.08. The number of likely N-dealkylation sites (N-methyl/N-ethyl adjacent to an activating group) is 1. The Balaban J connectivity index is 1.77. The summed E-state index contributed by atoms with van der Waals surface area (Å²) in [6.07, 6.45) is 1.87. The van der Waals surface area contributed by atoms with Crippen LogP contribution in [0.15, 0.2) is 30.3 Å². The van der Waals surface area contributed by atoms with E-state index in [4.69, 9.17) is 0 Å². The third-order valence-corrected chi connectivity index (χ3v) is 4.33. The van der Waals surface area contributed by atoms with Crippen molar-refractivity contribution in [1.82, 2.24) is 9.80 Å². The molecule has 0 aliphatic carbocycles. The molecular weight excluding hydrogens is 248 g/mol. The standard InChI is InChI=1S/C17H26N2O/c1-3-19(4-2)16-10-12-18(14-16)13-11-17(20)15-8-6-5-7-9-15/h5-9,16H,3-4,10-14H2,1-2H3. The van der Waals surface area contributed by atoms with Crippen molar-refractivity contribution < 1.29 is 4.79 Å². The van der Waals surface area contributed by atoms with E-state index in [0.717, 1.165) is 38.3 Å². The summed E-state index contributed by atoms with van der Waals surface area (Å²) in [5.41, 5.74) is 0.840. The molecule has 1 atom stereocenters. The number of hydrogen-bond donors (Lipinski definition) is 0. The van der Waals surface area contributed by atoms with Gasteiger partial charge in [0.1, 0.15) is 0 Å². The van der Waals surface area contributed by atoms with E-state index in [0.29, 0.717) is 12.5 Å². The zero-order valence-electron chi connectivity index (χ0n) is 12.7. The molecule has 1 aromatic rings. The number of rotatable bonds is 7. The van der Waals surface area contributed by atoms with Crippen molar-refractivity contribution in [3.8, 4) is 0 Å². The first kappa shape index (κ1) is 15.2. The maximum atomic E-state index is 12.1. The third-order valence-electron chi connectivity index (χ3n) is 4.33. The van der Waals surface area contributed by atoms with Crippen molar-refractivity contribution in [1.29, 1.82) is 0 Å². The molecule has 1 saturated heterocycles. The van der Waals surface area contributed by atoms with Gasteiger partial charge in [-0.1, -0.05) is 44.2 Å². The quantitative estimate of drug-likeness (QED) is 0.714. The van der Waals surface area contributed by atoms with E-state index in [1.165, 1.54) is 6.42 Å². The highest BCUT2D eigenvalue weighted by Gasteiger charge is 2.26. The molecule has 1 fully saturated rings. The Bertz CT molecular complexity index is 414. The molecule has 3 nitrogen and oxygen atoms in total. The molecule has 0 bridgehead atoms. The van der Waals surface area contributed by atoms with Crippen molar-refractivity contribution in [2.75, 3.05) is 32.7 Å². The van der Waals surface area contributed by atoms with Gasteiger partial charge in [-0.05, 0) is 26.1 Å². The molecule has 0 saturated carbocycles. The van der Waals surface area contributed by atoms with Gasteiger partial charge in [0.15, 0.2) is 5.78 Å².